The number of methoxy groups -OCH3 is 2. The minimum atomic E-state index is -0.610. The zero-order valence-corrected chi connectivity index (χ0v) is 18.9. The van der Waals surface area contributed by atoms with Crippen molar-refractivity contribution >= 4 is 23.1 Å². The molecule has 0 aromatic carbocycles. The van der Waals surface area contributed by atoms with E-state index in [0.29, 0.717) is 31.7 Å². The molecule has 0 spiro atoms. The molecular formula is C23H31N3O5. The van der Waals surface area contributed by atoms with E-state index in [4.69, 9.17) is 14.2 Å². The molecule has 1 amide bonds. The van der Waals surface area contributed by atoms with Crippen LogP contribution in [0.2, 0.25) is 0 Å². The van der Waals surface area contributed by atoms with Crippen molar-refractivity contribution < 1.29 is 23.8 Å². The lowest BCUT2D eigenvalue weighted by molar-refractivity contribution is -0.147. The van der Waals surface area contributed by atoms with Gasteiger partial charge in [-0.25, -0.2) is 9.78 Å². The molecule has 3 heterocycles. The molecular weight excluding hydrogens is 398 g/mol. The number of aryl methyl sites for hydroxylation is 1. The number of hydrogen-bond donors (Lipinski definition) is 0. The number of hydrogen-bond acceptors (Lipinski definition) is 7. The van der Waals surface area contributed by atoms with Crippen molar-refractivity contribution in [3.63, 3.8) is 0 Å². The van der Waals surface area contributed by atoms with Gasteiger partial charge in [0.2, 0.25) is 5.88 Å². The van der Waals surface area contributed by atoms with Gasteiger partial charge in [0, 0.05) is 24.8 Å². The molecule has 0 aliphatic carbocycles. The summed E-state index contributed by atoms with van der Waals surface area (Å²) in [5, 5.41) is 0. The van der Waals surface area contributed by atoms with Crippen LogP contribution in [0.4, 0.5) is 4.79 Å². The molecule has 2 aromatic rings. The molecule has 0 saturated carbocycles. The summed E-state index contributed by atoms with van der Waals surface area (Å²) >= 11 is 0. The topological polar surface area (TPSA) is 90.9 Å². The highest BCUT2D eigenvalue weighted by atomic mass is 16.6. The first-order valence-electron chi connectivity index (χ1n) is 10.6. The van der Waals surface area contributed by atoms with E-state index in [1.54, 1.807) is 24.3 Å². The number of carbonyl (C=O) groups excluding carboxylic acids is 2. The highest BCUT2D eigenvalue weighted by Crippen LogP contribution is 2.29. The van der Waals surface area contributed by atoms with Gasteiger partial charge in [0.25, 0.3) is 0 Å². The monoisotopic (exact) mass is 429 g/mol. The van der Waals surface area contributed by atoms with Gasteiger partial charge in [0.15, 0.2) is 0 Å². The quantitative estimate of drug-likeness (QED) is 0.668. The van der Waals surface area contributed by atoms with Crippen molar-refractivity contribution in [3.05, 3.63) is 30.0 Å². The van der Waals surface area contributed by atoms with Gasteiger partial charge in [-0.2, -0.15) is 0 Å². The number of ether oxygens (including phenoxy) is 3. The summed E-state index contributed by atoms with van der Waals surface area (Å²) in [5.41, 5.74) is 2.04. The second-order valence-electron chi connectivity index (χ2n) is 8.81. The van der Waals surface area contributed by atoms with Gasteiger partial charge < -0.3 is 19.1 Å². The standard InChI is InChI=1S/C23H31N3O5/c1-23(2,3)31-22(28)26-14-16(21(27)30-5)7-9-17(26)8-6-15-12-13-24-18-10-11-19(29-4)25-20(15)18/h10-13,16-17H,6-9,14H2,1-5H3/t16-,17-/m0/s1. The Hall–Kier alpha value is -2.90. The largest absolute Gasteiger partial charge is 0.481 e. The van der Waals surface area contributed by atoms with Crippen LogP contribution in [-0.2, 0) is 20.7 Å². The zero-order valence-electron chi connectivity index (χ0n) is 18.9. The van der Waals surface area contributed by atoms with Crippen LogP contribution in [0.5, 0.6) is 5.88 Å². The molecule has 0 N–H and O–H groups in total. The molecule has 31 heavy (non-hydrogen) atoms. The van der Waals surface area contributed by atoms with Crippen molar-refractivity contribution in [2.24, 2.45) is 5.92 Å². The fourth-order valence-electron chi connectivity index (χ4n) is 3.93. The van der Waals surface area contributed by atoms with Crippen LogP contribution < -0.4 is 4.74 Å². The predicted molar refractivity (Wildman–Crippen MR) is 116 cm³/mol. The molecule has 8 nitrogen and oxygen atoms in total. The van der Waals surface area contributed by atoms with E-state index < -0.39 is 11.7 Å². The van der Waals surface area contributed by atoms with Crippen LogP contribution in [-0.4, -0.2) is 59.3 Å². The summed E-state index contributed by atoms with van der Waals surface area (Å²) in [6.07, 6.45) is 4.20. The summed E-state index contributed by atoms with van der Waals surface area (Å²) in [5.74, 6) is -0.0828. The molecule has 3 rings (SSSR count). The number of pyridine rings is 2. The van der Waals surface area contributed by atoms with E-state index in [2.05, 4.69) is 9.97 Å². The SMILES string of the molecule is COC(=O)[C@H]1CC[C@H](CCc2ccnc3ccc(OC)nc23)N(C(=O)OC(C)(C)C)C1. The molecule has 2 aromatic heterocycles. The first kappa shape index (κ1) is 22.8. The Morgan fingerprint density at radius 2 is 1.94 bits per heavy atom. The first-order valence-corrected chi connectivity index (χ1v) is 10.6. The van der Waals surface area contributed by atoms with Crippen LogP contribution >= 0.6 is 0 Å². The van der Waals surface area contributed by atoms with E-state index in [-0.39, 0.29) is 17.9 Å². The van der Waals surface area contributed by atoms with E-state index >= 15 is 0 Å². The Morgan fingerprint density at radius 3 is 2.61 bits per heavy atom. The molecule has 0 bridgehead atoms. The number of carbonyl (C=O) groups is 2. The Kier molecular flexibility index (Phi) is 6.97. The molecule has 0 unspecified atom stereocenters. The zero-order chi connectivity index (χ0) is 22.6. The average molecular weight is 430 g/mol. The molecule has 1 aliphatic heterocycles. The lowest BCUT2D eigenvalue weighted by Crippen LogP contribution is -2.50. The predicted octanol–water partition coefficient (Wildman–Crippen LogP) is 3.76. The van der Waals surface area contributed by atoms with E-state index in [1.807, 2.05) is 32.9 Å². The lowest BCUT2D eigenvalue weighted by Gasteiger charge is -2.39. The van der Waals surface area contributed by atoms with Gasteiger partial charge in [0.05, 0.1) is 31.2 Å². The van der Waals surface area contributed by atoms with Gasteiger partial charge >= 0.3 is 12.1 Å². The molecule has 2 atom stereocenters. The van der Waals surface area contributed by atoms with Crippen LogP contribution in [0.1, 0.15) is 45.6 Å². The maximum atomic E-state index is 12.9. The average Bonchev–Trinajstić information content (AvgIpc) is 2.75. The smallest absolute Gasteiger partial charge is 0.410 e. The number of nitrogens with zero attached hydrogens (tertiary/aromatic N) is 3. The third-order valence-corrected chi connectivity index (χ3v) is 5.47. The Morgan fingerprint density at radius 1 is 1.16 bits per heavy atom. The maximum Gasteiger partial charge on any atom is 0.410 e. The fraction of sp³-hybridized carbons (Fsp3) is 0.565. The Bertz CT molecular complexity index is 940. The lowest BCUT2D eigenvalue weighted by atomic mass is 9.90. The van der Waals surface area contributed by atoms with Crippen molar-refractivity contribution in [1.29, 1.82) is 0 Å². The van der Waals surface area contributed by atoms with Gasteiger partial charge in [0.1, 0.15) is 5.60 Å². The number of aromatic nitrogens is 2. The van der Waals surface area contributed by atoms with Crippen molar-refractivity contribution in [1.82, 2.24) is 14.9 Å². The van der Waals surface area contributed by atoms with Crippen LogP contribution in [0.15, 0.2) is 24.4 Å². The number of amides is 1. The van der Waals surface area contributed by atoms with E-state index in [9.17, 15) is 9.59 Å². The number of likely N-dealkylation sites (tertiary alicyclic amines) is 1. The second-order valence-corrected chi connectivity index (χ2v) is 8.81. The summed E-state index contributed by atoms with van der Waals surface area (Å²) < 4.78 is 15.8. The fourth-order valence-corrected chi connectivity index (χ4v) is 3.93. The summed E-state index contributed by atoms with van der Waals surface area (Å²) in [6.45, 7) is 5.81. The molecule has 0 radical (unpaired) electrons. The summed E-state index contributed by atoms with van der Waals surface area (Å²) in [4.78, 5) is 35.6. The third-order valence-electron chi connectivity index (χ3n) is 5.47. The Balaban J connectivity index is 1.79. The van der Waals surface area contributed by atoms with Gasteiger partial charge in [-0.1, -0.05) is 0 Å². The number of piperidine rings is 1. The number of fused-ring (bicyclic) bond motifs is 1. The van der Waals surface area contributed by atoms with E-state index in [1.165, 1.54) is 7.11 Å². The molecule has 1 saturated heterocycles. The highest BCUT2D eigenvalue weighted by Gasteiger charge is 2.37. The first-order chi connectivity index (χ1) is 14.7. The molecule has 8 heteroatoms. The van der Waals surface area contributed by atoms with Crippen molar-refractivity contribution in [2.45, 2.75) is 58.1 Å². The van der Waals surface area contributed by atoms with Crippen LogP contribution in [0.25, 0.3) is 11.0 Å². The highest BCUT2D eigenvalue weighted by molar-refractivity contribution is 5.78. The minimum Gasteiger partial charge on any atom is -0.481 e. The molecule has 168 valence electrons. The number of rotatable bonds is 5. The van der Waals surface area contributed by atoms with Crippen LogP contribution in [0, 0.1) is 5.92 Å². The molecule has 1 fully saturated rings. The third kappa shape index (κ3) is 5.62. The van der Waals surface area contributed by atoms with Crippen molar-refractivity contribution in [3.8, 4) is 5.88 Å². The van der Waals surface area contributed by atoms with Gasteiger partial charge in [-0.05, 0) is 64.2 Å². The second kappa shape index (κ2) is 9.49. The minimum absolute atomic E-state index is 0.0374. The normalized spacial score (nSPS) is 19.2. The van der Waals surface area contributed by atoms with Crippen molar-refractivity contribution in [2.75, 3.05) is 20.8 Å². The maximum absolute atomic E-state index is 12.9. The van der Waals surface area contributed by atoms with Gasteiger partial charge in [-0.15, -0.1) is 0 Å². The van der Waals surface area contributed by atoms with E-state index in [0.717, 1.165) is 23.0 Å². The summed E-state index contributed by atoms with van der Waals surface area (Å²) in [6, 6.07) is 5.59. The number of esters is 1. The van der Waals surface area contributed by atoms with Gasteiger partial charge in [-0.3, -0.25) is 9.78 Å². The van der Waals surface area contributed by atoms with Crippen LogP contribution in [0.3, 0.4) is 0 Å². The molecule has 1 aliphatic rings. The Labute approximate surface area is 182 Å². The summed E-state index contributed by atoms with van der Waals surface area (Å²) in [7, 11) is 2.96.